The maximum absolute atomic E-state index is 12.5. The molecule has 1 fully saturated rings. The molecule has 3 aromatic rings. The summed E-state index contributed by atoms with van der Waals surface area (Å²) in [6.45, 7) is 3.99. The quantitative estimate of drug-likeness (QED) is 0.696. The van der Waals surface area contributed by atoms with Crippen LogP contribution in [0, 0.1) is 5.92 Å². The lowest BCUT2D eigenvalue weighted by atomic mass is 9.98. The number of piperidine rings is 1. The number of para-hydroxylation sites is 2. The molecule has 0 aliphatic carbocycles. The second-order valence-corrected chi connectivity index (χ2v) is 7.71. The molecule has 1 atom stereocenters. The van der Waals surface area contributed by atoms with Crippen LogP contribution in [-0.4, -0.2) is 52.5 Å². The highest BCUT2D eigenvalue weighted by Gasteiger charge is 2.21. The molecule has 7 heteroatoms. The van der Waals surface area contributed by atoms with Crippen molar-refractivity contribution in [2.75, 3.05) is 26.7 Å². The number of amides is 2. The third kappa shape index (κ3) is 5.12. The summed E-state index contributed by atoms with van der Waals surface area (Å²) in [7, 11) is 1.79. The van der Waals surface area contributed by atoms with Gasteiger partial charge in [0.25, 0.3) is 0 Å². The molecule has 1 aliphatic rings. The summed E-state index contributed by atoms with van der Waals surface area (Å²) in [5, 5.41) is 3.08. The van der Waals surface area contributed by atoms with Crippen molar-refractivity contribution < 1.29 is 9.21 Å². The fraction of sp³-hybridized carbons (Fsp3) is 0.409. The van der Waals surface area contributed by atoms with Gasteiger partial charge < -0.3 is 14.6 Å². The van der Waals surface area contributed by atoms with Gasteiger partial charge >= 0.3 is 6.03 Å². The fourth-order valence-corrected chi connectivity index (χ4v) is 3.84. The Labute approximate surface area is 170 Å². The van der Waals surface area contributed by atoms with Crippen molar-refractivity contribution in [2.24, 2.45) is 5.92 Å². The zero-order chi connectivity index (χ0) is 20.1. The number of urea groups is 1. The Morgan fingerprint density at radius 1 is 1.28 bits per heavy atom. The van der Waals surface area contributed by atoms with Gasteiger partial charge in [0.15, 0.2) is 0 Å². The Hall–Kier alpha value is -2.93. The summed E-state index contributed by atoms with van der Waals surface area (Å²) < 4.78 is 5.46. The summed E-state index contributed by atoms with van der Waals surface area (Å²) in [5.41, 5.74) is 2.49. The predicted octanol–water partition coefficient (Wildman–Crippen LogP) is 3.28. The molecule has 1 aromatic carbocycles. The summed E-state index contributed by atoms with van der Waals surface area (Å²) >= 11 is 0. The van der Waals surface area contributed by atoms with Crippen molar-refractivity contribution in [3.05, 3.63) is 60.3 Å². The number of benzene rings is 1. The standard InChI is InChI=1S/C22H27N5O2/c1-26(15-18-13-23-20-8-2-3-9-21(20)25-18)22(28)24-12-17-6-4-10-27(14-17)16-19-7-5-11-29-19/h2-3,5,7-9,11,13,17H,4,6,10,12,14-16H2,1H3,(H,24,28)/t17-/m1/s1. The lowest BCUT2D eigenvalue weighted by molar-refractivity contribution is 0.152. The summed E-state index contributed by atoms with van der Waals surface area (Å²) in [6.07, 6.45) is 5.73. The number of likely N-dealkylation sites (tertiary alicyclic amines) is 1. The van der Waals surface area contributed by atoms with Gasteiger partial charge in [0.1, 0.15) is 5.76 Å². The van der Waals surface area contributed by atoms with Gasteiger partial charge in [0, 0.05) is 20.1 Å². The van der Waals surface area contributed by atoms with Crippen LogP contribution in [0.15, 0.2) is 53.3 Å². The molecule has 3 heterocycles. The van der Waals surface area contributed by atoms with E-state index in [1.807, 2.05) is 36.4 Å². The highest BCUT2D eigenvalue weighted by molar-refractivity contribution is 5.75. The predicted molar refractivity (Wildman–Crippen MR) is 111 cm³/mol. The molecule has 1 N–H and O–H groups in total. The number of hydrogen-bond acceptors (Lipinski definition) is 5. The topological polar surface area (TPSA) is 74.5 Å². The fourth-order valence-electron chi connectivity index (χ4n) is 3.84. The highest BCUT2D eigenvalue weighted by atomic mass is 16.3. The lowest BCUT2D eigenvalue weighted by Crippen LogP contribution is -2.43. The van der Waals surface area contributed by atoms with Crippen molar-refractivity contribution in [1.29, 1.82) is 0 Å². The minimum atomic E-state index is -0.0804. The van der Waals surface area contributed by atoms with Crippen LogP contribution < -0.4 is 5.32 Å². The first-order valence-corrected chi connectivity index (χ1v) is 10.1. The molecule has 0 unspecified atom stereocenters. The first-order valence-electron chi connectivity index (χ1n) is 10.1. The Morgan fingerprint density at radius 3 is 2.97 bits per heavy atom. The first-order chi connectivity index (χ1) is 14.2. The molecule has 152 valence electrons. The molecule has 0 radical (unpaired) electrons. The van der Waals surface area contributed by atoms with Gasteiger partial charge in [-0.15, -0.1) is 0 Å². The molecule has 29 heavy (non-hydrogen) atoms. The average molecular weight is 393 g/mol. The molecule has 0 spiro atoms. The van der Waals surface area contributed by atoms with Gasteiger partial charge in [-0.3, -0.25) is 9.88 Å². The Morgan fingerprint density at radius 2 is 2.14 bits per heavy atom. The number of carbonyl (C=O) groups is 1. The van der Waals surface area contributed by atoms with Crippen LogP contribution in [0.3, 0.4) is 0 Å². The minimum Gasteiger partial charge on any atom is -0.468 e. The van der Waals surface area contributed by atoms with Gasteiger partial charge in [-0.25, -0.2) is 9.78 Å². The molecule has 0 bridgehead atoms. The number of carbonyl (C=O) groups excluding carboxylic acids is 1. The summed E-state index contributed by atoms with van der Waals surface area (Å²) in [5.74, 6) is 1.45. The van der Waals surface area contributed by atoms with Crippen molar-refractivity contribution >= 4 is 17.1 Å². The number of nitrogens with zero attached hydrogens (tertiary/aromatic N) is 4. The summed E-state index contributed by atoms with van der Waals surface area (Å²) in [6, 6.07) is 11.6. The number of hydrogen-bond donors (Lipinski definition) is 1. The Bertz CT molecular complexity index is 943. The van der Waals surface area contributed by atoms with Crippen LogP contribution in [0.5, 0.6) is 0 Å². The van der Waals surface area contributed by atoms with E-state index >= 15 is 0 Å². The van der Waals surface area contributed by atoms with Crippen molar-refractivity contribution in [3.63, 3.8) is 0 Å². The van der Waals surface area contributed by atoms with E-state index in [1.165, 1.54) is 0 Å². The van der Waals surface area contributed by atoms with Crippen LogP contribution in [-0.2, 0) is 13.1 Å². The van der Waals surface area contributed by atoms with Crippen molar-refractivity contribution in [2.45, 2.75) is 25.9 Å². The van der Waals surface area contributed by atoms with E-state index in [-0.39, 0.29) is 6.03 Å². The molecule has 4 rings (SSSR count). The zero-order valence-corrected chi connectivity index (χ0v) is 16.8. The number of aromatic nitrogens is 2. The maximum Gasteiger partial charge on any atom is 0.317 e. The van der Waals surface area contributed by atoms with E-state index in [1.54, 1.807) is 24.4 Å². The van der Waals surface area contributed by atoms with Crippen LogP contribution in [0.1, 0.15) is 24.3 Å². The second kappa shape index (κ2) is 9.05. The molecule has 7 nitrogen and oxygen atoms in total. The van der Waals surface area contributed by atoms with Crippen molar-refractivity contribution in [3.8, 4) is 0 Å². The van der Waals surface area contributed by atoms with E-state index in [2.05, 4.69) is 20.2 Å². The van der Waals surface area contributed by atoms with Gasteiger partial charge in [-0.05, 0) is 49.6 Å². The second-order valence-electron chi connectivity index (χ2n) is 7.71. The molecule has 1 aliphatic heterocycles. The third-order valence-corrected chi connectivity index (χ3v) is 5.35. The Kier molecular flexibility index (Phi) is 6.05. The van der Waals surface area contributed by atoms with Crippen LogP contribution in [0.2, 0.25) is 0 Å². The van der Waals surface area contributed by atoms with E-state index < -0.39 is 0 Å². The third-order valence-electron chi connectivity index (χ3n) is 5.35. The molecule has 1 saturated heterocycles. The monoisotopic (exact) mass is 393 g/mol. The van der Waals surface area contributed by atoms with Crippen LogP contribution in [0.25, 0.3) is 11.0 Å². The van der Waals surface area contributed by atoms with Gasteiger partial charge in [-0.1, -0.05) is 12.1 Å². The van der Waals surface area contributed by atoms with Gasteiger partial charge in [-0.2, -0.15) is 0 Å². The van der Waals surface area contributed by atoms with E-state index in [0.717, 1.165) is 55.0 Å². The van der Waals surface area contributed by atoms with Gasteiger partial charge in [0.2, 0.25) is 0 Å². The van der Waals surface area contributed by atoms with Crippen LogP contribution >= 0.6 is 0 Å². The number of fused-ring (bicyclic) bond motifs is 1. The molecule has 2 amide bonds. The van der Waals surface area contributed by atoms with Gasteiger partial charge in [0.05, 0.1) is 42.3 Å². The average Bonchev–Trinajstić information content (AvgIpc) is 3.25. The first kappa shape index (κ1) is 19.4. The number of furan rings is 1. The normalized spacial score (nSPS) is 17.3. The number of nitrogens with one attached hydrogen (secondary N) is 1. The van der Waals surface area contributed by atoms with E-state index in [9.17, 15) is 4.79 Å². The smallest absolute Gasteiger partial charge is 0.317 e. The van der Waals surface area contributed by atoms with Crippen molar-refractivity contribution in [1.82, 2.24) is 25.1 Å². The lowest BCUT2D eigenvalue weighted by Gasteiger charge is -2.32. The SMILES string of the molecule is CN(Cc1cnc2ccccc2n1)C(=O)NC[C@H]1CCCN(Cc2ccco2)C1. The largest absolute Gasteiger partial charge is 0.468 e. The molecule has 2 aromatic heterocycles. The van der Waals surface area contributed by atoms with Crippen LogP contribution in [0.4, 0.5) is 4.79 Å². The minimum absolute atomic E-state index is 0.0804. The van der Waals surface area contributed by atoms with E-state index in [0.29, 0.717) is 19.0 Å². The van der Waals surface area contributed by atoms with E-state index in [4.69, 9.17) is 4.42 Å². The molecular formula is C22H27N5O2. The zero-order valence-electron chi connectivity index (χ0n) is 16.8. The highest BCUT2D eigenvalue weighted by Crippen LogP contribution is 2.18. The summed E-state index contributed by atoms with van der Waals surface area (Å²) in [4.78, 5) is 25.6. The molecule has 0 saturated carbocycles. The maximum atomic E-state index is 12.5. The number of rotatable bonds is 6. The Balaban J connectivity index is 1.26. The molecular weight excluding hydrogens is 366 g/mol.